The van der Waals surface area contributed by atoms with E-state index < -0.39 is 0 Å². The molecule has 0 atom stereocenters. The van der Waals surface area contributed by atoms with Crippen molar-refractivity contribution in [3.63, 3.8) is 0 Å². The van der Waals surface area contributed by atoms with Crippen LogP contribution in [0.4, 0.5) is 0 Å². The number of ether oxygens (including phenoxy) is 1. The van der Waals surface area contributed by atoms with Crippen LogP contribution in [0.15, 0.2) is 89.5 Å². The molecule has 0 bridgehead atoms. The molecule has 0 aliphatic rings. The minimum Gasteiger partial charge on any atom is -0.485 e. The van der Waals surface area contributed by atoms with Crippen molar-refractivity contribution in [3.05, 3.63) is 96.7 Å². The van der Waals surface area contributed by atoms with E-state index in [2.05, 4.69) is 28.8 Å². The lowest BCUT2D eigenvalue weighted by atomic mass is 10.1. The molecule has 2 heterocycles. The SMILES string of the molecule is c1coc(Cn2c(COc3cccc4ccccc34)nc3ccccc32)c1. The predicted octanol–water partition coefficient (Wildman–Crippen LogP) is 5.41. The van der Waals surface area contributed by atoms with Crippen molar-refractivity contribution in [1.29, 1.82) is 0 Å². The average molecular weight is 354 g/mol. The van der Waals surface area contributed by atoms with Crippen LogP contribution in [0.1, 0.15) is 11.6 Å². The molecule has 4 nitrogen and oxygen atoms in total. The number of imidazole rings is 1. The molecule has 0 spiro atoms. The second-order valence-electron chi connectivity index (χ2n) is 6.45. The van der Waals surface area contributed by atoms with E-state index in [1.165, 1.54) is 5.39 Å². The number of nitrogens with zero attached hydrogens (tertiary/aromatic N) is 2. The van der Waals surface area contributed by atoms with Crippen molar-refractivity contribution >= 4 is 21.8 Å². The summed E-state index contributed by atoms with van der Waals surface area (Å²) in [5.41, 5.74) is 2.03. The van der Waals surface area contributed by atoms with Gasteiger partial charge in [0.15, 0.2) is 0 Å². The summed E-state index contributed by atoms with van der Waals surface area (Å²) >= 11 is 0. The number of hydrogen-bond acceptors (Lipinski definition) is 3. The van der Waals surface area contributed by atoms with Gasteiger partial charge in [0.2, 0.25) is 0 Å². The van der Waals surface area contributed by atoms with Gasteiger partial charge >= 0.3 is 0 Å². The number of rotatable bonds is 5. The zero-order chi connectivity index (χ0) is 18.1. The minimum atomic E-state index is 0.392. The highest BCUT2D eigenvalue weighted by molar-refractivity contribution is 5.88. The van der Waals surface area contributed by atoms with Crippen LogP contribution in [-0.4, -0.2) is 9.55 Å². The molecule has 0 saturated heterocycles. The topological polar surface area (TPSA) is 40.2 Å². The third kappa shape index (κ3) is 2.95. The van der Waals surface area contributed by atoms with Crippen LogP contribution >= 0.6 is 0 Å². The van der Waals surface area contributed by atoms with Crippen molar-refractivity contribution in [2.45, 2.75) is 13.2 Å². The molecule has 2 aromatic heterocycles. The highest BCUT2D eigenvalue weighted by atomic mass is 16.5. The van der Waals surface area contributed by atoms with Crippen LogP contribution in [0.3, 0.4) is 0 Å². The van der Waals surface area contributed by atoms with E-state index in [1.807, 2.05) is 54.6 Å². The Labute approximate surface area is 156 Å². The van der Waals surface area contributed by atoms with Crippen LogP contribution in [0, 0.1) is 0 Å². The number of fused-ring (bicyclic) bond motifs is 2. The first-order chi connectivity index (χ1) is 13.4. The molecule has 3 aromatic carbocycles. The fraction of sp³-hybridized carbons (Fsp3) is 0.0870. The minimum absolute atomic E-state index is 0.392. The van der Waals surface area contributed by atoms with Crippen molar-refractivity contribution < 1.29 is 9.15 Å². The summed E-state index contributed by atoms with van der Waals surface area (Å²) < 4.78 is 13.9. The molecule has 27 heavy (non-hydrogen) atoms. The van der Waals surface area contributed by atoms with Crippen molar-refractivity contribution in [3.8, 4) is 5.75 Å². The number of aromatic nitrogens is 2. The largest absolute Gasteiger partial charge is 0.485 e. The van der Waals surface area contributed by atoms with Gasteiger partial charge in [-0.15, -0.1) is 0 Å². The molecule has 0 N–H and O–H groups in total. The fourth-order valence-electron chi connectivity index (χ4n) is 3.43. The van der Waals surface area contributed by atoms with E-state index in [1.54, 1.807) is 6.26 Å². The Balaban J connectivity index is 1.51. The number of para-hydroxylation sites is 2. The van der Waals surface area contributed by atoms with E-state index in [4.69, 9.17) is 14.1 Å². The molecule has 0 unspecified atom stereocenters. The van der Waals surface area contributed by atoms with Gasteiger partial charge in [-0.1, -0.05) is 48.5 Å². The van der Waals surface area contributed by atoms with Gasteiger partial charge in [0.25, 0.3) is 0 Å². The Morgan fingerprint density at radius 1 is 0.852 bits per heavy atom. The first kappa shape index (κ1) is 15.7. The normalized spacial score (nSPS) is 11.3. The second-order valence-corrected chi connectivity index (χ2v) is 6.45. The molecule has 4 heteroatoms. The predicted molar refractivity (Wildman–Crippen MR) is 106 cm³/mol. The highest BCUT2D eigenvalue weighted by Gasteiger charge is 2.13. The van der Waals surface area contributed by atoms with E-state index in [0.29, 0.717) is 13.2 Å². The van der Waals surface area contributed by atoms with E-state index in [9.17, 15) is 0 Å². The molecule has 0 radical (unpaired) electrons. The third-order valence-corrected chi connectivity index (χ3v) is 4.73. The van der Waals surface area contributed by atoms with E-state index in [-0.39, 0.29) is 0 Å². The average Bonchev–Trinajstić information content (AvgIpc) is 3.35. The molecule has 0 fully saturated rings. The zero-order valence-corrected chi connectivity index (χ0v) is 14.7. The molecular weight excluding hydrogens is 336 g/mol. The van der Waals surface area contributed by atoms with Crippen LogP contribution in [-0.2, 0) is 13.2 Å². The van der Waals surface area contributed by atoms with Gasteiger partial charge in [-0.25, -0.2) is 4.98 Å². The van der Waals surface area contributed by atoms with Crippen molar-refractivity contribution in [2.24, 2.45) is 0 Å². The molecule has 132 valence electrons. The van der Waals surface area contributed by atoms with Gasteiger partial charge in [-0.05, 0) is 35.7 Å². The van der Waals surface area contributed by atoms with Gasteiger partial charge in [-0.3, -0.25) is 0 Å². The quantitative estimate of drug-likeness (QED) is 0.424. The molecule has 5 rings (SSSR count). The lowest BCUT2D eigenvalue weighted by molar-refractivity contribution is 0.293. The fourth-order valence-corrected chi connectivity index (χ4v) is 3.43. The van der Waals surface area contributed by atoms with Gasteiger partial charge in [-0.2, -0.15) is 0 Å². The molecule has 0 aliphatic carbocycles. The van der Waals surface area contributed by atoms with Crippen LogP contribution in [0.5, 0.6) is 5.75 Å². The number of furan rings is 1. The summed E-state index contributed by atoms with van der Waals surface area (Å²) in [6.07, 6.45) is 1.70. The van der Waals surface area contributed by atoms with Gasteiger partial charge in [0.05, 0.1) is 23.8 Å². The second kappa shape index (κ2) is 6.65. The van der Waals surface area contributed by atoms with E-state index >= 15 is 0 Å². The Kier molecular flexibility index (Phi) is 3.87. The summed E-state index contributed by atoms with van der Waals surface area (Å²) in [4.78, 5) is 4.78. The van der Waals surface area contributed by atoms with Crippen molar-refractivity contribution in [1.82, 2.24) is 9.55 Å². The van der Waals surface area contributed by atoms with Crippen molar-refractivity contribution in [2.75, 3.05) is 0 Å². The molecule has 0 aliphatic heterocycles. The van der Waals surface area contributed by atoms with Gasteiger partial charge < -0.3 is 13.7 Å². The Morgan fingerprint density at radius 2 is 1.70 bits per heavy atom. The molecular formula is C23H18N2O2. The smallest absolute Gasteiger partial charge is 0.148 e. The maximum absolute atomic E-state index is 6.18. The molecule has 0 saturated carbocycles. The monoisotopic (exact) mass is 354 g/mol. The number of hydrogen-bond donors (Lipinski definition) is 0. The summed E-state index contributed by atoms with van der Waals surface area (Å²) in [5, 5.41) is 2.27. The first-order valence-electron chi connectivity index (χ1n) is 8.95. The Bertz CT molecular complexity index is 1200. The highest BCUT2D eigenvalue weighted by Crippen LogP contribution is 2.26. The first-order valence-corrected chi connectivity index (χ1v) is 8.95. The number of benzene rings is 3. The zero-order valence-electron chi connectivity index (χ0n) is 14.7. The lowest BCUT2D eigenvalue weighted by Crippen LogP contribution is -2.08. The Morgan fingerprint density at radius 3 is 2.63 bits per heavy atom. The van der Waals surface area contributed by atoms with Gasteiger partial charge in [0.1, 0.15) is 23.9 Å². The summed E-state index contributed by atoms with van der Waals surface area (Å²) in [5.74, 6) is 2.63. The van der Waals surface area contributed by atoms with Crippen LogP contribution in [0.25, 0.3) is 21.8 Å². The third-order valence-electron chi connectivity index (χ3n) is 4.73. The van der Waals surface area contributed by atoms with Crippen LogP contribution in [0.2, 0.25) is 0 Å². The lowest BCUT2D eigenvalue weighted by Gasteiger charge is -2.11. The Hall–Kier alpha value is -3.53. The summed E-state index contributed by atoms with van der Waals surface area (Å²) in [7, 11) is 0. The molecule has 5 aromatic rings. The summed E-state index contributed by atoms with van der Waals surface area (Å²) in [6, 6.07) is 26.4. The maximum atomic E-state index is 6.18. The summed E-state index contributed by atoms with van der Waals surface area (Å²) in [6.45, 7) is 1.02. The molecule has 0 amide bonds. The van der Waals surface area contributed by atoms with E-state index in [0.717, 1.165) is 33.8 Å². The standard InChI is InChI=1S/C23H18N2O2/c1-2-10-19-17(7-1)8-5-13-22(19)27-16-23-24-20-11-3-4-12-21(20)25(23)15-18-9-6-14-26-18/h1-14H,15-16H2. The van der Waals surface area contributed by atoms with Gasteiger partial charge in [0, 0.05) is 5.39 Å². The maximum Gasteiger partial charge on any atom is 0.148 e. The van der Waals surface area contributed by atoms with Crippen LogP contribution < -0.4 is 4.74 Å².